The molecule has 1 aliphatic carbocycles. The van der Waals surface area contributed by atoms with E-state index in [2.05, 4.69) is 11.9 Å². The Morgan fingerprint density at radius 1 is 1.14 bits per heavy atom. The Morgan fingerprint density at radius 3 is 2.43 bits per heavy atom. The van der Waals surface area contributed by atoms with E-state index in [0.29, 0.717) is 30.8 Å². The number of para-hydroxylation sites is 1. The van der Waals surface area contributed by atoms with E-state index in [9.17, 15) is 9.59 Å². The van der Waals surface area contributed by atoms with E-state index in [0.717, 1.165) is 16.7 Å². The van der Waals surface area contributed by atoms with E-state index < -0.39 is 11.5 Å². The number of nitrogens with one attached hydrogen (secondary N) is 1. The van der Waals surface area contributed by atoms with Crippen molar-refractivity contribution in [3.8, 4) is 5.75 Å². The summed E-state index contributed by atoms with van der Waals surface area (Å²) in [5.41, 5.74) is 2.21. The third kappa shape index (κ3) is 3.79. The molecule has 0 aliphatic heterocycles. The first-order valence-electron chi connectivity index (χ1n) is 9.40. The first kappa shape index (κ1) is 19.7. The van der Waals surface area contributed by atoms with Crippen molar-refractivity contribution in [3.05, 3.63) is 77.4 Å². The maximum absolute atomic E-state index is 13.2. The highest BCUT2D eigenvalue weighted by atomic mass is 16.5. The van der Waals surface area contributed by atoms with Gasteiger partial charge in [0.05, 0.1) is 12.2 Å². The lowest BCUT2D eigenvalue weighted by Gasteiger charge is -2.28. The minimum Gasteiger partial charge on any atom is -0.488 e. The van der Waals surface area contributed by atoms with Gasteiger partial charge < -0.3 is 14.8 Å². The second kappa shape index (κ2) is 8.30. The molecule has 0 unspecified atom stereocenters. The van der Waals surface area contributed by atoms with Crippen LogP contribution >= 0.6 is 0 Å². The Morgan fingerprint density at radius 2 is 1.82 bits per heavy atom. The summed E-state index contributed by atoms with van der Waals surface area (Å²) in [4.78, 5) is 26.0. The van der Waals surface area contributed by atoms with Crippen LogP contribution in [0.5, 0.6) is 5.75 Å². The molecule has 5 nitrogen and oxygen atoms in total. The van der Waals surface area contributed by atoms with Gasteiger partial charge in [0.1, 0.15) is 17.9 Å². The van der Waals surface area contributed by atoms with Crippen molar-refractivity contribution < 1.29 is 19.1 Å². The van der Waals surface area contributed by atoms with Crippen molar-refractivity contribution in [1.82, 2.24) is 5.32 Å². The molecule has 2 aromatic carbocycles. The van der Waals surface area contributed by atoms with Crippen LogP contribution in [0.25, 0.3) is 0 Å². The predicted octanol–water partition coefficient (Wildman–Crippen LogP) is 3.39. The molecule has 1 N–H and O–H groups in total. The zero-order valence-electron chi connectivity index (χ0n) is 16.3. The number of benzene rings is 2. The summed E-state index contributed by atoms with van der Waals surface area (Å²) >= 11 is 0. The molecule has 0 fully saturated rings. The molecule has 0 heterocycles. The maximum Gasteiger partial charge on any atom is 0.332 e. The van der Waals surface area contributed by atoms with Gasteiger partial charge in [-0.05, 0) is 36.6 Å². The number of hydrogen-bond donors (Lipinski definition) is 1. The van der Waals surface area contributed by atoms with Gasteiger partial charge in [0.25, 0.3) is 5.91 Å². The number of carbonyl (C=O) groups excluding carboxylic acids is 2. The Hall–Kier alpha value is -3.08. The molecular formula is C23H25NO4. The molecule has 0 atom stereocenters. The van der Waals surface area contributed by atoms with Crippen molar-refractivity contribution in [2.45, 2.75) is 32.2 Å². The zero-order chi connectivity index (χ0) is 20.1. The lowest BCUT2D eigenvalue weighted by Crippen LogP contribution is -2.56. The quantitative estimate of drug-likeness (QED) is 0.592. The van der Waals surface area contributed by atoms with Crippen LogP contribution in [0.1, 0.15) is 34.0 Å². The molecule has 0 spiro atoms. The van der Waals surface area contributed by atoms with Gasteiger partial charge in [0.2, 0.25) is 0 Å². The van der Waals surface area contributed by atoms with E-state index in [1.807, 2.05) is 37.3 Å². The highest BCUT2D eigenvalue weighted by Crippen LogP contribution is 2.32. The summed E-state index contributed by atoms with van der Waals surface area (Å²) in [6, 6.07) is 13.2. The molecule has 0 saturated heterocycles. The first-order chi connectivity index (χ1) is 13.5. The molecule has 0 aromatic heterocycles. The highest BCUT2D eigenvalue weighted by Gasteiger charge is 2.46. The van der Waals surface area contributed by atoms with E-state index in [1.54, 1.807) is 25.1 Å². The van der Waals surface area contributed by atoms with Crippen LogP contribution in [0.4, 0.5) is 0 Å². The minimum atomic E-state index is -1.11. The number of fused-ring (bicyclic) bond motifs is 1. The van der Waals surface area contributed by atoms with Crippen LogP contribution < -0.4 is 10.1 Å². The molecule has 3 rings (SSSR count). The average molecular weight is 379 g/mol. The molecule has 1 aliphatic rings. The Labute approximate surface area is 165 Å². The monoisotopic (exact) mass is 379 g/mol. The van der Waals surface area contributed by atoms with Gasteiger partial charge in [-0.3, -0.25) is 4.79 Å². The molecular weight excluding hydrogens is 354 g/mol. The molecule has 146 valence electrons. The van der Waals surface area contributed by atoms with Crippen molar-refractivity contribution in [3.63, 3.8) is 0 Å². The largest absolute Gasteiger partial charge is 0.488 e. The normalized spacial score (nSPS) is 14.1. The third-order valence-corrected chi connectivity index (χ3v) is 4.92. The van der Waals surface area contributed by atoms with E-state index >= 15 is 0 Å². The lowest BCUT2D eigenvalue weighted by atomic mass is 9.94. The smallest absolute Gasteiger partial charge is 0.332 e. The fourth-order valence-corrected chi connectivity index (χ4v) is 3.62. The number of carbonyl (C=O) groups is 2. The number of ether oxygens (including phenoxy) is 2. The number of hydrogen-bond acceptors (Lipinski definition) is 4. The first-order valence-corrected chi connectivity index (χ1v) is 9.40. The summed E-state index contributed by atoms with van der Waals surface area (Å²) in [6.45, 7) is 7.84. The SMILES string of the molecule is C=CCOc1c(C)cccc1C(=O)NC1(C(=O)OCC)Cc2ccccc2C1. The molecule has 0 saturated carbocycles. The molecule has 2 aromatic rings. The fraction of sp³-hybridized carbons (Fsp3) is 0.304. The fourth-order valence-electron chi connectivity index (χ4n) is 3.62. The van der Waals surface area contributed by atoms with Gasteiger partial charge in [0, 0.05) is 12.8 Å². The van der Waals surface area contributed by atoms with Gasteiger partial charge >= 0.3 is 5.97 Å². The third-order valence-electron chi connectivity index (χ3n) is 4.92. The van der Waals surface area contributed by atoms with Gasteiger partial charge in [-0.25, -0.2) is 4.79 Å². The van der Waals surface area contributed by atoms with Crippen LogP contribution in [0.3, 0.4) is 0 Å². The number of esters is 1. The van der Waals surface area contributed by atoms with Crippen LogP contribution in [-0.2, 0) is 22.4 Å². The summed E-state index contributed by atoms with van der Waals surface area (Å²) in [5, 5.41) is 2.96. The second-order valence-electron chi connectivity index (χ2n) is 6.93. The number of amides is 1. The highest BCUT2D eigenvalue weighted by molar-refractivity contribution is 6.01. The van der Waals surface area contributed by atoms with Crippen LogP contribution in [-0.4, -0.2) is 30.6 Å². The zero-order valence-corrected chi connectivity index (χ0v) is 16.3. The molecule has 0 radical (unpaired) electrons. The summed E-state index contributed by atoms with van der Waals surface area (Å²) in [6.07, 6.45) is 2.44. The second-order valence-corrected chi connectivity index (χ2v) is 6.93. The Kier molecular flexibility index (Phi) is 5.83. The topological polar surface area (TPSA) is 64.6 Å². The lowest BCUT2D eigenvalue weighted by molar-refractivity contribution is -0.150. The Bertz CT molecular complexity index is 878. The maximum atomic E-state index is 13.2. The molecule has 0 bridgehead atoms. The predicted molar refractivity (Wildman–Crippen MR) is 108 cm³/mol. The van der Waals surface area contributed by atoms with Crippen molar-refractivity contribution >= 4 is 11.9 Å². The molecule has 5 heteroatoms. The van der Waals surface area contributed by atoms with Gasteiger partial charge in [-0.2, -0.15) is 0 Å². The standard InChI is InChI=1S/C23H25NO4/c1-4-13-28-20-16(3)9-8-12-19(20)21(25)24-23(22(26)27-5-2)14-17-10-6-7-11-18(17)15-23/h4,6-12H,1,5,13-15H2,2-3H3,(H,24,25). The summed E-state index contributed by atoms with van der Waals surface area (Å²) < 4.78 is 11.0. The van der Waals surface area contributed by atoms with Crippen LogP contribution in [0.15, 0.2) is 55.1 Å². The van der Waals surface area contributed by atoms with E-state index in [1.165, 1.54) is 0 Å². The van der Waals surface area contributed by atoms with Crippen molar-refractivity contribution in [1.29, 1.82) is 0 Å². The summed E-state index contributed by atoms with van der Waals surface area (Å²) in [5.74, 6) is -0.279. The van der Waals surface area contributed by atoms with Gasteiger partial charge in [0.15, 0.2) is 0 Å². The summed E-state index contributed by atoms with van der Waals surface area (Å²) in [7, 11) is 0. The molecule has 1 amide bonds. The Balaban J connectivity index is 1.93. The van der Waals surface area contributed by atoms with Crippen molar-refractivity contribution in [2.75, 3.05) is 13.2 Å². The van der Waals surface area contributed by atoms with Gasteiger partial charge in [-0.1, -0.05) is 49.1 Å². The number of rotatable bonds is 7. The van der Waals surface area contributed by atoms with Crippen molar-refractivity contribution in [2.24, 2.45) is 0 Å². The van der Waals surface area contributed by atoms with Crippen LogP contribution in [0, 0.1) is 6.92 Å². The van der Waals surface area contributed by atoms with Crippen LogP contribution in [0.2, 0.25) is 0 Å². The minimum absolute atomic E-state index is 0.255. The van der Waals surface area contributed by atoms with Gasteiger partial charge in [-0.15, -0.1) is 0 Å². The average Bonchev–Trinajstić information content (AvgIpc) is 3.06. The van der Waals surface area contributed by atoms with E-state index in [4.69, 9.17) is 9.47 Å². The number of aryl methyl sites for hydroxylation is 1. The molecule has 28 heavy (non-hydrogen) atoms. The van der Waals surface area contributed by atoms with E-state index in [-0.39, 0.29) is 12.5 Å².